The molecule has 0 spiro atoms. The van der Waals surface area contributed by atoms with Gasteiger partial charge in [0.1, 0.15) is 5.75 Å². The van der Waals surface area contributed by atoms with Crippen molar-refractivity contribution in [2.24, 2.45) is 0 Å². The normalized spacial score (nSPS) is 13.8. The molecule has 0 fully saturated rings. The van der Waals surface area contributed by atoms with Crippen LogP contribution in [0.2, 0.25) is 0 Å². The summed E-state index contributed by atoms with van der Waals surface area (Å²) in [5.74, 6) is -0.512. The number of halogens is 1. The molecule has 1 aliphatic carbocycles. The summed E-state index contributed by atoms with van der Waals surface area (Å²) in [5, 5.41) is 2.83. The Kier molecular flexibility index (Phi) is 5.33. The molecule has 114 valence electrons. The van der Waals surface area contributed by atoms with Crippen molar-refractivity contribution in [3.63, 3.8) is 0 Å². The molecule has 0 heterocycles. The number of aryl methyl sites for hydroxylation is 1. The van der Waals surface area contributed by atoms with E-state index in [2.05, 4.69) is 21.2 Å². The first-order valence-electron chi connectivity index (χ1n) is 6.80. The van der Waals surface area contributed by atoms with E-state index in [1.807, 2.05) is 31.2 Å². The van der Waals surface area contributed by atoms with Crippen LogP contribution in [-0.2, 0) is 4.79 Å². The molecule has 0 aromatic heterocycles. The van der Waals surface area contributed by atoms with E-state index in [1.165, 1.54) is 6.92 Å². The molecule has 2 rings (SSSR count). The number of ether oxygens (including phenoxy) is 1. The summed E-state index contributed by atoms with van der Waals surface area (Å²) in [5.41, 5.74) is 1.95. The molecule has 0 aliphatic heterocycles. The highest BCUT2D eigenvalue weighted by Gasteiger charge is 2.15. The molecule has 1 aromatic rings. The second-order valence-corrected chi connectivity index (χ2v) is 5.78. The van der Waals surface area contributed by atoms with E-state index >= 15 is 0 Å². The average molecular weight is 362 g/mol. The van der Waals surface area contributed by atoms with Gasteiger partial charge in [0, 0.05) is 17.1 Å². The van der Waals surface area contributed by atoms with Crippen LogP contribution >= 0.6 is 15.9 Å². The fraction of sp³-hybridized carbons (Fsp3) is 0.176. The smallest absolute Gasteiger partial charge is 0.308 e. The molecular weight excluding hydrogens is 346 g/mol. The van der Waals surface area contributed by atoms with Crippen LogP contribution in [0.3, 0.4) is 0 Å². The molecule has 0 atom stereocenters. The molecule has 1 amide bonds. The first-order chi connectivity index (χ1) is 10.5. The summed E-state index contributed by atoms with van der Waals surface area (Å²) in [6.45, 7) is 3.18. The number of hydrogen-bond acceptors (Lipinski definition) is 3. The number of carbonyl (C=O) groups is 2. The Morgan fingerprint density at radius 1 is 1.23 bits per heavy atom. The average Bonchev–Trinajstić information content (AvgIpc) is 2.65. The monoisotopic (exact) mass is 361 g/mol. The van der Waals surface area contributed by atoms with Gasteiger partial charge in [-0.2, -0.15) is 0 Å². The van der Waals surface area contributed by atoms with Gasteiger partial charge in [-0.15, -0.1) is 0 Å². The van der Waals surface area contributed by atoms with Crippen LogP contribution in [0.1, 0.15) is 29.3 Å². The molecule has 0 saturated carbocycles. The largest absolute Gasteiger partial charge is 0.426 e. The van der Waals surface area contributed by atoms with Gasteiger partial charge in [0.15, 0.2) is 0 Å². The summed E-state index contributed by atoms with van der Waals surface area (Å²) < 4.78 is 6.06. The van der Waals surface area contributed by atoms with Crippen molar-refractivity contribution in [3.8, 4) is 5.75 Å². The Hall–Kier alpha value is -2.14. The lowest BCUT2D eigenvalue weighted by Crippen LogP contribution is -2.23. The summed E-state index contributed by atoms with van der Waals surface area (Å²) in [7, 11) is 0. The van der Waals surface area contributed by atoms with E-state index in [0.717, 1.165) is 10.0 Å². The predicted molar refractivity (Wildman–Crippen MR) is 88.8 cm³/mol. The Labute approximate surface area is 137 Å². The Balaban J connectivity index is 2.22. The molecule has 1 aromatic carbocycles. The van der Waals surface area contributed by atoms with E-state index in [-0.39, 0.29) is 11.7 Å². The number of carbonyl (C=O) groups excluding carboxylic acids is 2. The van der Waals surface area contributed by atoms with Gasteiger partial charge in [-0.25, -0.2) is 0 Å². The fourth-order valence-electron chi connectivity index (χ4n) is 1.96. The predicted octanol–water partition coefficient (Wildman–Crippen LogP) is 3.77. The summed E-state index contributed by atoms with van der Waals surface area (Å²) in [6.07, 6.45) is 8.29. The van der Waals surface area contributed by atoms with Gasteiger partial charge in [0.25, 0.3) is 5.91 Å². The minimum absolute atomic E-state index is 0.258. The maximum absolute atomic E-state index is 12.5. The second kappa shape index (κ2) is 7.22. The number of rotatable bonds is 3. The van der Waals surface area contributed by atoms with Crippen molar-refractivity contribution in [2.45, 2.75) is 20.3 Å². The Morgan fingerprint density at radius 3 is 2.73 bits per heavy atom. The maximum Gasteiger partial charge on any atom is 0.308 e. The molecule has 5 heteroatoms. The molecule has 0 radical (unpaired) electrons. The number of esters is 1. The zero-order valence-electron chi connectivity index (χ0n) is 12.4. The lowest BCUT2D eigenvalue weighted by molar-refractivity contribution is -0.131. The van der Waals surface area contributed by atoms with E-state index < -0.39 is 5.97 Å². The highest BCUT2D eigenvalue weighted by Crippen LogP contribution is 2.21. The number of allylic oxidation sites excluding steroid dienone is 5. The van der Waals surface area contributed by atoms with E-state index in [0.29, 0.717) is 17.7 Å². The van der Waals surface area contributed by atoms with Gasteiger partial charge in [0.05, 0.1) is 5.56 Å². The van der Waals surface area contributed by atoms with Gasteiger partial charge in [-0.3, -0.25) is 9.59 Å². The van der Waals surface area contributed by atoms with Gasteiger partial charge in [-0.05, 0) is 37.6 Å². The number of nitrogens with one attached hydrogen (secondary N) is 1. The molecule has 0 unspecified atom stereocenters. The van der Waals surface area contributed by atoms with Gasteiger partial charge >= 0.3 is 5.97 Å². The molecule has 22 heavy (non-hydrogen) atoms. The van der Waals surface area contributed by atoms with Gasteiger partial charge in [0.2, 0.25) is 0 Å². The molecule has 1 aliphatic rings. The minimum Gasteiger partial charge on any atom is -0.426 e. The molecule has 4 nitrogen and oxygen atoms in total. The zero-order chi connectivity index (χ0) is 16.1. The highest BCUT2D eigenvalue weighted by atomic mass is 79.9. The third-order valence-electron chi connectivity index (χ3n) is 2.96. The van der Waals surface area contributed by atoms with Crippen LogP contribution < -0.4 is 10.1 Å². The van der Waals surface area contributed by atoms with Crippen LogP contribution in [0.25, 0.3) is 0 Å². The van der Waals surface area contributed by atoms with Crippen molar-refractivity contribution < 1.29 is 14.3 Å². The molecule has 0 saturated heterocycles. The Morgan fingerprint density at radius 2 is 2.00 bits per heavy atom. The van der Waals surface area contributed by atoms with Crippen LogP contribution in [0, 0.1) is 6.92 Å². The quantitative estimate of drug-likeness (QED) is 0.658. The van der Waals surface area contributed by atoms with E-state index in [1.54, 1.807) is 18.2 Å². The van der Waals surface area contributed by atoms with Gasteiger partial charge in [-0.1, -0.05) is 39.7 Å². The lowest BCUT2D eigenvalue weighted by atomic mass is 10.1. The zero-order valence-corrected chi connectivity index (χ0v) is 13.9. The van der Waals surface area contributed by atoms with E-state index in [9.17, 15) is 9.59 Å². The van der Waals surface area contributed by atoms with Gasteiger partial charge < -0.3 is 10.1 Å². The fourth-order valence-corrected chi connectivity index (χ4v) is 2.28. The summed E-state index contributed by atoms with van der Waals surface area (Å²) >= 11 is 3.40. The second-order valence-electron chi connectivity index (χ2n) is 4.86. The van der Waals surface area contributed by atoms with Crippen molar-refractivity contribution in [3.05, 3.63) is 63.8 Å². The van der Waals surface area contributed by atoms with Crippen LogP contribution in [0.4, 0.5) is 0 Å². The van der Waals surface area contributed by atoms with Crippen LogP contribution in [-0.4, -0.2) is 11.9 Å². The molecule has 1 N–H and O–H groups in total. The first kappa shape index (κ1) is 16.2. The van der Waals surface area contributed by atoms with E-state index in [4.69, 9.17) is 4.74 Å². The molecular formula is C17H16BrNO3. The van der Waals surface area contributed by atoms with Crippen molar-refractivity contribution in [2.75, 3.05) is 0 Å². The lowest BCUT2D eigenvalue weighted by Gasteiger charge is -2.11. The third-order valence-corrected chi connectivity index (χ3v) is 3.55. The first-order valence-corrected chi connectivity index (χ1v) is 7.59. The third kappa shape index (κ3) is 4.43. The van der Waals surface area contributed by atoms with Crippen molar-refractivity contribution in [1.82, 2.24) is 5.32 Å². The number of amides is 1. The number of hydrogen-bond donors (Lipinski definition) is 1. The summed E-state index contributed by atoms with van der Waals surface area (Å²) in [4.78, 5) is 23.6. The standard InChI is InChI=1S/C17H16BrNO3/c1-11-6-9-16(22-12(2)20)15(10-11)17(21)19-14-5-3-4-13(18)7-8-14/h4-10H,3H2,1-2H3,(H,19,21). The van der Waals surface area contributed by atoms with Crippen molar-refractivity contribution >= 4 is 27.8 Å². The topological polar surface area (TPSA) is 55.4 Å². The van der Waals surface area contributed by atoms with Crippen molar-refractivity contribution in [1.29, 1.82) is 0 Å². The summed E-state index contributed by atoms with van der Waals surface area (Å²) in [6, 6.07) is 5.12. The van der Waals surface area contributed by atoms with Crippen LogP contribution in [0.5, 0.6) is 5.75 Å². The molecule has 0 bridgehead atoms. The minimum atomic E-state index is -0.459. The van der Waals surface area contributed by atoms with Crippen LogP contribution in [0.15, 0.2) is 52.7 Å². The SMILES string of the molecule is CC(=O)Oc1ccc(C)cc1C(=O)NC1=CCC=C(Br)C=C1. The maximum atomic E-state index is 12.5. The highest BCUT2D eigenvalue weighted by molar-refractivity contribution is 9.11. The number of benzene rings is 1. The Bertz CT molecular complexity index is 702.